The highest BCUT2D eigenvalue weighted by molar-refractivity contribution is 5.70. The van der Waals surface area contributed by atoms with Crippen molar-refractivity contribution in [1.82, 2.24) is 5.32 Å². The second-order valence-electron chi connectivity index (χ2n) is 4.71. The molecule has 88 valence electrons. The molecule has 3 nitrogen and oxygen atoms in total. The molecule has 0 saturated heterocycles. The van der Waals surface area contributed by atoms with Gasteiger partial charge in [-0.2, -0.15) is 0 Å². The summed E-state index contributed by atoms with van der Waals surface area (Å²) in [4.78, 5) is 11.4. The van der Waals surface area contributed by atoms with E-state index in [1.165, 1.54) is 12.8 Å². The van der Waals surface area contributed by atoms with Crippen LogP contribution >= 0.6 is 0 Å². The van der Waals surface area contributed by atoms with Crippen molar-refractivity contribution in [3.05, 3.63) is 0 Å². The first-order valence-corrected chi connectivity index (χ1v) is 6.03. The van der Waals surface area contributed by atoms with E-state index >= 15 is 0 Å². The number of carbonyl (C=O) groups is 1. The van der Waals surface area contributed by atoms with Crippen LogP contribution in [0.1, 0.15) is 46.5 Å². The highest BCUT2D eigenvalue weighted by atomic mass is 16.5. The molecule has 0 aromatic carbocycles. The van der Waals surface area contributed by atoms with Crippen LogP contribution in [0.15, 0.2) is 0 Å². The van der Waals surface area contributed by atoms with Crippen molar-refractivity contribution in [3.8, 4) is 0 Å². The van der Waals surface area contributed by atoms with Crippen LogP contribution in [0.25, 0.3) is 0 Å². The first-order chi connectivity index (χ1) is 7.11. The predicted octanol–water partition coefficient (Wildman–Crippen LogP) is 2.11. The van der Waals surface area contributed by atoms with Crippen molar-refractivity contribution < 1.29 is 9.53 Å². The van der Waals surface area contributed by atoms with E-state index in [-0.39, 0.29) is 5.97 Å². The second-order valence-corrected chi connectivity index (χ2v) is 4.71. The highest BCUT2D eigenvalue weighted by Gasteiger charge is 2.27. The molecule has 0 aromatic heterocycles. The third-order valence-electron chi connectivity index (χ3n) is 2.60. The van der Waals surface area contributed by atoms with Crippen molar-refractivity contribution in [3.63, 3.8) is 0 Å². The number of hydrogen-bond acceptors (Lipinski definition) is 3. The fourth-order valence-corrected chi connectivity index (χ4v) is 1.86. The molecule has 1 N–H and O–H groups in total. The van der Waals surface area contributed by atoms with Crippen molar-refractivity contribution in [2.45, 2.75) is 58.5 Å². The lowest BCUT2D eigenvalue weighted by Gasteiger charge is -2.20. The van der Waals surface area contributed by atoms with Gasteiger partial charge in [-0.15, -0.1) is 0 Å². The Labute approximate surface area is 92.6 Å². The first-order valence-electron chi connectivity index (χ1n) is 6.03. The normalized spacial score (nSPS) is 17.9. The Bertz CT molecular complexity index is 196. The van der Waals surface area contributed by atoms with E-state index in [4.69, 9.17) is 4.74 Å². The minimum atomic E-state index is -0.0729. The van der Waals surface area contributed by atoms with Crippen molar-refractivity contribution in [2.24, 2.45) is 5.92 Å². The molecule has 0 heterocycles. The topological polar surface area (TPSA) is 38.3 Å². The molecule has 1 saturated carbocycles. The van der Waals surface area contributed by atoms with Crippen LogP contribution in [0.5, 0.6) is 0 Å². The van der Waals surface area contributed by atoms with Crippen molar-refractivity contribution in [1.29, 1.82) is 0 Å². The highest BCUT2D eigenvalue weighted by Crippen LogP contribution is 2.34. The lowest BCUT2D eigenvalue weighted by atomic mass is 10.1. The first kappa shape index (κ1) is 12.5. The van der Waals surface area contributed by atoms with Gasteiger partial charge in [0.15, 0.2) is 0 Å². The summed E-state index contributed by atoms with van der Waals surface area (Å²) in [5.74, 6) is 0.770. The van der Waals surface area contributed by atoms with Gasteiger partial charge < -0.3 is 10.1 Å². The van der Waals surface area contributed by atoms with Gasteiger partial charge in [0, 0.05) is 12.1 Å². The molecule has 0 amide bonds. The molecule has 1 aliphatic carbocycles. The lowest BCUT2D eigenvalue weighted by Crippen LogP contribution is -2.37. The molecule has 0 bridgehead atoms. The maximum absolute atomic E-state index is 11.4. The van der Waals surface area contributed by atoms with Gasteiger partial charge in [0.05, 0.1) is 13.0 Å². The minimum absolute atomic E-state index is 0.0729. The van der Waals surface area contributed by atoms with Gasteiger partial charge in [0.1, 0.15) is 0 Å². The van der Waals surface area contributed by atoms with E-state index in [0.29, 0.717) is 25.1 Å². The fraction of sp³-hybridized carbons (Fsp3) is 0.917. The zero-order valence-corrected chi connectivity index (χ0v) is 10.1. The molecule has 0 radical (unpaired) electrons. The summed E-state index contributed by atoms with van der Waals surface area (Å²) in [7, 11) is 0. The van der Waals surface area contributed by atoms with Crippen LogP contribution in [0.3, 0.4) is 0 Å². The Morgan fingerprint density at radius 3 is 2.60 bits per heavy atom. The smallest absolute Gasteiger partial charge is 0.307 e. The third-order valence-corrected chi connectivity index (χ3v) is 2.60. The molecule has 1 atom stereocenters. The molecule has 0 aromatic rings. The van der Waals surface area contributed by atoms with E-state index in [0.717, 1.165) is 12.3 Å². The molecule has 1 fully saturated rings. The van der Waals surface area contributed by atoms with Crippen LogP contribution in [-0.2, 0) is 9.53 Å². The average Bonchev–Trinajstić information content (AvgIpc) is 2.86. The molecule has 1 aliphatic rings. The van der Waals surface area contributed by atoms with Gasteiger partial charge in [-0.3, -0.25) is 4.79 Å². The van der Waals surface area contributed by atoms with Crippen LogP contribution in [0, 0.1) is 5.92 Å². The monoisotopic (exact) mass is 213 g/mol. The van der Waals surface area contributed by atoms with Crippen molar-refractivity contribution >= 4 is 5.97 Å². The van der Waals surface area contributed by atoms with Gasteiger partial charge in [-0.25, -0.2) is 0 Å². The molecule has 15 heavy (non-hydrogen) atoms. The zero-order chi connectivity index (χ0) is 11.3. The van der Waals surface area contributed by atoms with Gasteiger partial charge in [-0.05, 0) is 19.3 Å². The summed E-state index contributed by atoms with van der Waals surface area (Å²) in [5, 5.41) is 3.44. The van der Waals surface area contributed by atoms with E-state index in [1.807, 2.05) is 6.92 Å². The standard InChI is InChI=1S/C12H23NO2/c1-4-15-12(14)8-11(13-9(2)3)7-10-5-6-10/h9-11,13H,4-8H2,1-3H3. The largest absolute Gasteiger partial charge is 0.466 e. The Morgan fingerprint density at radius 1 is 1.47 bits per heavy atom. The summed E-state index contributed by atoms with van der Waals surface area (Å²) in [5.41, 5.74) is 0. The molecule has 0 aliphatic heterocycles. The molecular formula is C12H23NO2. The van der Waals surface area contributed by atoms with Crippen LogP contribution in [0.4, 0.5) is 0 Å². The van der Waals surface area contributed by atoms with E-state index < -0.39 is 0 Å². The van der Waals surface area contributed by atoms with Crippen LogP contribution < -0.4 is 5.32 Å². The fourth-order valence-electron chi connectivity index (χ4n) is 1.86. The molecule has 0 spiro atoms. The number of hydrogen-bond donors (Lipinski definition) is 1. The Morgan fingerprint density at radius 2 is 2.13 bits per heavy atom. The zero-order valence-electron chi connectivity index (χ0n) is 10.1. The van der Waals surface area contributed by atoms with Crippen LogP contribution in [-0.4, -0.2) is 24.7 Å². The van der Waals surface area contributed by atoms with Crippen LogP contribution in [0.2, 0.25) is 0 Å². The van der Waals surface area contributed by atoms with E-state index in [9.17, 15) is 4.79 Å². The predicted molar refractivity (Wildman–Crippen MR) is 60.7 cm³/mol. The van der Waals surface area contributed by atoms with Gasteiger partial charge in [0.2, 0.25) is 0 Å². The summed E-state index contributed by atoms with van der Waals surface area (Å²) < 4.78 is 4.98. The van der Waals surface area contributed by atoms with Gasteiger partial charge in [0.25, 0.3) is 0 Å². The van der Waals surface area contributed by atoms with E-state index in [2.05, 4.69) is 19.2 Å². The van der Waals surface area contributed by atoms with Gasteiger partial charge in [-0.1, -0.05) is 26.7 Å². The summed E-state index contributed by atoms with van der Waals surface area (Å²) in [6.45, 7) is 6.57. The minimum Gasteiger partial charge on any atom is -0.466 e. The third kappa shape index (κ3) is 5.78. The number of carbonyl (C=O) groups excluding carboxylic acids is 1. The maximum atomic E-state index is 11.4. The number of rotatable bonds is 7. The number of esters is 1. The molecule has 3 heteroatoms. The number of nitrogens with one attached hydrogen (secondary N) is 1. The second kappa shape index (κ2) is 6.11. The Balaban J connectivity index is 2.29. The molecule has 1 rings (SSSR count). The van der Waals surface area contributed by atoms with Crippen molar-refractivity contribution in [2.75, 3.05) is 6.61 Å². The average molecular weight is 213 g/mol. The quantitative estimate of drug-likeness (QED) is 0.658. The summed E-state index contributed by atoms with van der Waals surface area (Å²) >= 11 is 0. The summed E-state index contributed by atoms with van der Waals surface area (Å²) in [6.07, 6.45) is 4.30. The lowest BCUT2D eigenvalue weighted by molar-refractivity contribution is -0.143. The molecular weight excluding hydrogens is 190 g/mol. The number of ether oxygens (including phenoxy) is 1. The maximum Gasteiger partial charge on any atom is 0.307 e. The Kier molecular flexibility index (Phi) is 5.09. The summed E-state index contributed by atoms with van der Waals surface area (Å²) in [6, 6.07) is 0.736. The van der Waals surface area contributed by atoms with E-state index in [1.54, 1.807) is 0 Å². The van der Waals surface area contributed by atoms with Gasteiger partial charge >= 0.3 is 5.97 Å². The Hall–Kier alpha value is -0.570. The molecule has 1 unspecified atom stereocenters. The SMILES string of the molecule is CCOC(=O)CC(CC1CC1)NC(C)C.